The first-order chi connectivity index (χ1) is 17.4. The Balaban J connectivity index is 1.43. The molecule has 13 nitrogen and oxygen atoms in total. The molecule has 4 atom stereocenters. The highest BCUT2D eigenvalue weighted by Gasteiger charge is 2.56. The van der Waals surface area contributed by atoms with Gasteiger partial charge in [-0.15, -0.1) is 4.33 Å². The number of nitrogens with zero attached hydrogens (tertiary/aromatic N) is 2. The Labute approximate surface area is 210 Å². The Morgan fingerprint density at radius 1 is 1.06 bits per heavy atom. The fourth-order valence-corrected chi connectivity index (χ4v) is 4.25. The van der Waals surface area contributed by atoms with E-state index in [1.807, 2.05) is 30.3 Å². The molecule has 2 aliphatic heterocycles. The van der Waals surface area contributed by atoms with Crippen LogP contribution in [0.1, 0.15) is 25.6 Å². The van der Waals surface area contributed by atoms with Crippen molar-refractivity contribution in [2.75, 3.05) is 19.8 Å². The molecule has 3 heterocycles. The van der Waals surface area contributed by atoms with Crippen LogP contribution in [0, 0.1) is 0 Å². The van der Waals surface area contributed by atoms with E-state index in [0.717, 1.165) is 10.1 Å². The van der Waals surface area contributed by atoms with Gasteiger partial charge >= 0.3 is 5.69 Å². The second kappa shape index (κ2) is 12.4. The van der Waals surface area contributed by atoms with Gasteiger partial charge in [-0.3, -0.25) is 13.5 Å². The maximum absolute atomic E-state index is 13.2. The highest BCUT2D eigenvalue weighted by Crippen LogP contribution is 2.42. The highest BCUT2D eigenvalue weighted by molar-refractivity contribution is 7.89. The summed E-state index contributed by atoms with van der Waals surface area (Å²) in [4.78, 5) is 25.7. The van der Waals surface area contributed by atoms with Gasteiger partial charge in [0.1, 0.15) is 25.0 Å². The Morgan fingerprint density at radius 3 is 2.61 bits per heavy atom. The Morgan fingerprint density at radius 2 is 1.83 bits per heavy atom. The lowest BCUT2D eigenvalue weighted by molar-refractivity contribution is -0.434. The average molecular weight is 529 g/mol. The third-order valence-corrected chi connectivity index (χ3v) is 5.91. The largest absolute Gasteiger partial charge is 0.376 e. The Hall–Kier alpha value is -2.11. The molecule has 0 spiro atoms. The van der Waals surface area contributed by atoms with Crippen LogP contribution in [-0.2, 0) is 50.6 Å². The van der Waals surface area contributed by atoms with E-state index in [-0.39, 0.29) is 33.2 Å². The summed E-state index contributed by atoms with van der Waals surface area (Å²) < 4.78 is 40.7. The van der Waals surface area contributed by atoms with E-state index in [1.165, 1.54) is 16.8 Å². The summed E-state index contributed by atoms with van der Waals surface area (Å²) in [7, 11) is 0. The van der Waals surface area contributed by atoms with E-state index in [0.29, 0.717) is 12.3 Å². The van der Waals surface area contributed by atoms with Gasteiger partial charge in [0.25, 0.3) is 5.56 Å². The van der Waals surface area contributed by atoms with Crippen molar-refractivity contribution in [3.05, 3.63) is 69.0 Å². The van der Waals surface area contributed by atoms with Crippen molar-refractivity contribution in [1.29, 1.82) is 0 Å². The molecule has 14 heteroatoms. The van der Waals surface area contributed by atoms with E-state index in [2.05, 4.69) is 9.37 Å². The molecule has 2 fully saturated rings. The molecular weight excluding hydrogens is 500 g/mol. The van der Waals surface area contributed by atoms with Crippen molar-refractivity contribution in [3.63, 3.8) is 0 Å². The maximum Gasteiger partial charge on any atom is 0.335 e. The van der Waals surface area contributed by atoms with Crippen molar-refractivity contribution in [2.24, 2.45) is 0 Å². The van der Waals surface area contributed by atoms with Crippen LogP contribution < -0.4 is 11.2 Å². The summed E-state index contributed by atoms with van der Waals surface area (Å²) in [5, 5.41) is 11.5. The molecular formula is C22H28N2O11S. The maximum atomic E-state index is 13.2. The van der Waals surface area contributed by atoms with E-state index < -0.39 is 41.6 Å². The second-order valence-corrected chi connectivity index (χ2v) is 8.98. The standard InChI is InChI=1S/C22H28N2O11S/c1-22(2)32-18-16(13-28-10-11-30-36-35-34-27)31-20(19(18)33-22)23-9-8-17(25)24(21(23)26)14-29-12-15-6-4-3-5-7-15/h3-9,16,18-20,27H,10-14H2,1-2H3/t16-,18?,19+,20-/m1/s1. The second-order valence-electron chi connectivity index (χ2n) is 8.47. The van der Waals surface area contributed by atoms with Crippen LogP contribution in [0.15, 0.2) is 52.2 Å². The van der Waals surface area contributed by atoms with Crippen LogP contribution in [0.5, 0.6) is 0 Å². The third-order valence-electron chi connectivity index (χ3n) is 5.53. The Kier molecular flexibility index (Phi) is 9.30. The molecule has 0 radical (unpaired) electrons. The molecule has 1 N–H and O–H groups in total. The zero-order valence-electron chi connectivity index (χ0n) is 19.7. The molecule has 36 heavy (non-hydrogen) atoms. The minimum atomic E-state index is -0.895. The van der Waals surface area contributed by atoms with Gasteiger partial charge in [0.15, 0.2) is 24.3 Å². The number of benzene rings is 1. The van der Waals surface area contributed by atoms with Gasteiger partial charge in [0.05, 0.1) is 26.4 Å². The number of hydrogen-bond acceptors (Lipinski definition) is 12. The molecule has 1 aromatic heterocycles. The number of aromatic nitrogens is 2. The first-order valence-electron chi connectivity index (χ1n) is 11.2. The van der Waals surface area contributed by atoms with Crippen LogP contribution in [0.25, 0.3) is 0 Å². The number of ether oxygens (including phenoxy) is 5. The lowest BCUT2D eigenvalue weighted by Crippen LogP contribution is -2.43. The average Bonchev–Trinajstić information content (AvgIpc) is 3.34. The number of hydrogen-bond donors (Lipinski definition) is 1. The SMILES string of the molecule is CC1(C)OC2[C@@H](COCCOSOOO)O[C@@H](n3ccc(=O)n(COCc4ccccc4)c3=O)[C@H]2O1. The van der Waals surface area contributed by atoms with Gasteiger partial charge in [0, 0.05) is 12.3 Å². The third kappa shape index (κ3) is 6.60. The van der Waals surface area contributed by atoms with Crippen molar-refractivity contribution < 1.29 is 42.5 Å². The highest BCUT2D eigenvalue weighted by atomic mass is 32.2. The molecule has 2 aromatic rings. The number of rotatable bonds is 13. The molecule has 1 aromatic carbocycles. The molecule has 0 amide bonds. The molecule has 0 bridgehead atoms. The summed E-state index contributed by atoms with van der Waals surface area (Å²) in [6, 6.07) is 10.7. The Bertz CT molecular complexity index is 1090. The van der Waals surface area contributed by atoms with Crippen LogP contribution in [0.3, 0.4) is 0 Å². The first kappa shape index (κ1) is 26.9. The number of fused-ring (bicyclic) bond motifs is 1. The predicted molar refractivity (Wildman–Crippen MR) is 123 cm³/mol. The minimum absolute atomic E-state index is 0.136. The van der Waals surface area contributed by atoms with E-state index in [9.17, 15) is 9.59 Å². The van der Waals surface area contributed by atoms with Crippen molar-refractivity contribution >= 4 is 12.3 Å². The minimum Gasteiger partial charge on any atom is -0.376 e. The molecule has 2 saturated heterocycles. The summed E-state index contributed by atoms with van der Waals surface area (Å²) in [6.45, 7) is 4.05. The lowest BCUT2D eigenvalue weighted by Gasteiger charge is -2.25. The summed E-state index contributed by atoms with van der Waals surface area (Å²) in [5.74, 6) is -0.895. The molecule has 198 valence electrons. The predicted octanol–water partition coefficient (Wildman–Crippen LogP) is 1.62. The summed E-state index contributed by atoms with van der Waals surface area (Å²) in [5.41, 5.74) is -0.162. The van der Waals surface area contributed by atoms with Crippen LogP contribution in [0.2, 0.25) is 0 Å². The van der Waals surface area contributed by atoms with Gasteiger partial charge < -0.3 is 23.7 Å². The van der Waals surface area contributed by atoms with Gasteiger partial charge in [-0.25, -0.2) is 14.6 Å². The smallest absolute Gasteiger partial charge is 0.335 e. The zero-order chi connectivity index (χ0) is 25.5. The molecule has 1 unspecified atom stereocenters. The molecule has 0 aliphatic carbocycles. The van der Waals surface area contributed by atoms with Gasteiger partial charge in [-0.2, -0.15) is 0 Å². The van der Waals surface area contributed by atoms with E-state index in [4.69, 9.17) is 33.1 Å². The molecule has 0 saturated carbocycles. The van der Waals surface area contributed by atoms with E-state index >= 15 is 0 Å². The van der Waals surface area contributed by atoms with Crippen LogP contribution in [0.4, 0.5) is 0 Å². The zero-order valence-corrected chi connectivity index (χ0v) is 20.5. The topological polar surface area (TPSA) is 138 Å². The monoisotopic (exact) mass is 528 g/mol. The first-order valence-corrected chi connectivity index (χ1v) is 11.8. The van der Waals surface area contributed by atoms with Crippen LogP contribution in [-0.4, -0.2) is 58.3 Å². The fraction of sp³-hybridized carbons (Fsp3) is 0.545. The molecule has 2 aliphatic rings. The van der Waals surface area contributed by atoms with Gasteiger partial charge in [-0.1, -0.05) is 35.4 Å². The van der Waals surface area contributed by atoms with Crippen molar-refractivity contribution in [1.82, 2.24) is 9.13 Å². The quantitative estimate of drug-likeness (QED) is 0.175. The summed E-state index contributed by atoms with van der Waals surface area (Å²) in [6.07, 6.45) is -1.13. The van der Waals surface area contributed by atoms with E-state index in [1.54, 1.807) is 13.8 Å². The van der Waals surface area contributed by atoms with Crippen molar-refractivity contribution in [2.45, 2.75) is 57.5 Å². The molecule has 4 rings (SSSR count). The van der Waals surface area contributed by atoms with Crippen LogP contribution >= 0.6 is 12.3 Å². The van der Waals surface area contributed by atoms with Gasteiger partial charge in [-0.05, 0) is 19.4 Å². The fourth-order valence-electron chi connectivity index (χ4n) is 4.05. The summed E-state index contributed by atoms with van der Waals surface area (Å²) >= 11 is 0.453. The van der Waals surface area contributed by atoms with Crippen molar-refractivity contribution in [3.8, 4) is 0 Å². The lowest BCUT2D eigenvalue weighted by atomic mass is 10.1. The van der Waals surface area contributed by atoms with Gasteiger partial charge in [0.2, 0.25) is 0 Å². The normalized spacial score (nSPS) is 24.8.